The summed E-state index contributed by atoms with van der Waals surface area (Å²) in [6.07, 6.45) is 5.27. The first-order chi connectivity index (χ1) is 7.66. The molecule has 90 valence electrons. The first kappa shape index (κ1) is 12.2. The molecule has 0 bridgehead atoms. The third-order valence-electron chi connectivity index (χ3n) is 2.84. The van der Waals surface area contributed by atoms with Crippen LogP contribution in [-0.4, -0.2) is 27.7 Å². The molecule has 3 nitrogen and oxygen atoms in total. The van der Waals surface area contributed by atoms with Crippen molar-refractivity contribution in [2.45, 2.75) is 32.2 Å². The lowest BCUT2D eigenvalue weighted by atomic mass is 9.98. The molecular weight excluding hydrogens is 240 g/mol. The highest BCUT2D eigenvalue weighted by Gasteiger charge is 2.23. The largest absolute Gasteiger partial charge is 0.308 e. The molecule has 2 unspecified atom stereocenters. The zero-order valence-corrected chi connectivity index (χ0v) is 11.4. The van der Waals surface area contributed by atoms with Crippen molar-refractivity contribution in [3.63, 3.8) is 0 Å². The summed E-state index contributed by atoms with van der Waals surface area (Å²) in [6, 6.07) is 0.443. The second-order valence-electron chi connectivity index (χ2n) is 4.22. The van der Waals surface area contributed by atoms with E-state index in [0.717, 1.165) is 23.7 Å². The zero-order chi connectivity index (χ0) is 11.5. The number of nitrogens with zero attached hydrogens (tertiary/aromatic N) is 1. The fraction of sp³-hybridized carbons (Fsp3) is 0.727. The van der Waals surface area contributed by atoms with Gasteiger partial charge in [-0.2, -0.15) is 0 Å². The van der Waals surface area contributed by atoms with Gasteiger partial charge in [0.15, 0.2) is 0 Å². The average Bonchev–Trinajstić information content (AvgIpc) is 2.58. The van der Waals surface area contributed by atoms with Crippen LogP contribution in [-0.2, 0) is 17.2 Å². The maximum atomic E-state index is 11.0. The minimum atomic E-state index is -0.697. The van der Waals surface area contributed by atoms with Gasteiger partial charge >= 0.3 is 0 Å². The van der Waals surface area contributed by atoms with Gasteiger partial charge in [0.1, 0.15) is 0 Å². The minimum Gasteiger partial charge on any atom is -0.308 e. The topological polar surface area (TPSA) is 42.0 Å². The molecule has 2 atom stereocenters. The molecule has 0 aliphatic heterocycles. The molecule has 1 N–H and O–H groups in total. The highest BCUT2D eigenvalue weighted by atomic mass is 32.2. The van der Waals surface area contributed by atoms with Crippen LogP contribution in [0.15, 0.2) is 0 Å². The van der Waals surface area contributed by atoms with Crippen molar-refractivity contribution in [2.75, 3.05) is 18.6 Å². The highest BCUT2D eigenvalue weighted by molar-refractivity contribution is 7.84. The van der Waals surface area contributed by atoms with E-state index >= 15 is 0 Å². The van der Waals surface area contributed by atoms with Crippen LogP contribution in [0.5, 0.6) is 0 Å². The van der Waals surface area contributed by atoms with E-state index in [1.54, 1.807) is 6.26 Å². The first-order valence-electron chi connectivity index (χ1n) is 5.66. The van der Waals surface area contributed by atoms with Gasteiger partial charge in [-0.25, -0.2) is 4.98 Å². The molecule has 0 spiro atoms. The van der Waals surface area contributed by atoms with E-state index in [1.165, 1.54) is 23.4 Å². The van der Waals surface area contributed by atoms with Gasteiger partial charge in [-0.1, -0.05) is 0 Å². The van der Waals surface area contributed by atoms with Crippen molar-refractivity contribution in [1.82, 2.24) is 10.3 Å². The minimum absolute atomic E-state index is 0.443. The lowest BCUT2D eigenvalue weighted by molar-refractivity contribution is 0.477. The number of thiazole rings is 1. The van der Waals surface area contributed by atoms with E-state index in [9.17, 15) is 4.21 Å². The van der Waals surface area contributed by atoms with Crippen molar-refractivity contribution in [1.29, 1.82) is 0 Å². The molecule has 1 aromatic rings. The summed E-state index contributed by atoms with van der Waals surface area (Å²) in [6.45, 7) is 2.91. The van der Waals surface area contributed by atoms with Gasteiger partial charge in [0, 0.05) is 40.3 Å². The second-order valence-corrected chi connectivity index (χ2v) is 7.01. The van der Waals surface area contributed by atoms with Gasteiger partial charge in [0.25, 0.3) is 0 Å². The summed E-state index contributed by atoms with van der Waals surface area (Å²) >= 11 is 1.81. The predicted octanol–water partition coefficient (Wildman–Crippen LogP) is 1.80. The number of hydrogen-bond acceptors (Lipinski definition) is 4. The molecule has 1 aliphatic rings. The Labute approximate surface area is 103 Å². The number of hydrogen-bond donors (Lipinski definition) is 1. The van der Waals surface area contributed by atoms with E-state index < -0.39 is 10.8 Å². The zero-order valence-electron chi connectivity index (χ0n) is 9.78. The van der Waals surface area contributed by atoms with E-state index in [2.05, 4.69) is 17.2 Å². The first-order valence-corrected chi connectivity index (χ1v) is 8.21. The van der Waals surface area contributed by atoms with E-state index in [0.29, 0.717) is 6.04 Å². The smallest absolute Gasteiger partial charge is 0.0900 e. The van der Waals surface area contributed by atoms with E-state index in [-0.39, 0.29) is 0 Å². The maximum Gasteiger partial charge on any atom is 0.0900 e. The predicted molar refractivity (Wildman–Crippen MR) is 69.5 cm³/mol. The van der Waals surface area contributed by atoms with Crippen LogP contribution < -0.4 is 5.32 Å². The Balaban J connectivity index is 1.98. The molecule has 1 aliphatic carbocycles. The van der Waals surface area contributed by atoms with Crippen molar-refractivity contribution < 1.29 is 4.21 Å². The number of rotatable bonds is 4. The fourth-order valence-electron chi connectivity index (χ4n) is 2.11. The van der Waals surface area contributed by atoms with Crippen molar-refractivity contribution in [3.8, 4) is 0 Å². The molecule has 1 aromatic heterocycles. The summed E-state index contributed by atoms with van der Waals surface area (Å²) in [5.41, 5.74) is 1.28. The molecule has 16 heavy (non-hydrogen) atoms. The third kappa shape index (κ3) is 2.90. The summed E-state index contributed by atoms with van der Waals surface area (Å²) in [5, 5.41) is 4.66. The normalized spacial score (nSPS) is 21.8. The molecule has 0 radical (unpaired) electrons. The van der Waals surface area contributed by atoms with E-state index in [4.69, 9.17) is 0 Å². The Morgan fingerprint density at radius 2 is 2.44 bits per heavy atom. The molecule has 0 aromatic carbocycles. The van der Waals surface area contributed by atoms with Crippen molar-refractivity contribution >= 4 is 22.1 Å². The molecule has 0 amide bonds. The Bertz CT molecular complexity index is 389. The Hall–Kier alpha value is -0.260. The molecule has 5 heteroatoms. The fourth-order valence-corrected chi connectivity index (χ4v) is 3.60. The van der Waals surface area contributed by atoms with Gasteiger partial charge in [0.2, 0.25) is 0 Å². The van der Waals surface area contributed by atoms with Gasteiger partial charge in [-0.15, -0.1) is 11.3 Å². The number of fused-ring (bicyclic) bond motifs is 1. The molecule has 0 saturated heterocycles. The van der Waals surface area contributed by atoms with Gasteiger partial charge in [0.05, 0.1) is 10.7 Å². The van der Waals surface area contributed by atoms with Gasteiger partial charge < -0.3 is 5.32 Å². The van der Waals surface area contributed by atoms with E-state index in [1.807, 2.05) is 11.3 Å². The molecular formula is C11H18N2OS2. The Morgan fingerprint density at radius 3 is 3.19 bits per heavy atom. The monoisotopic (exact) mass is 258 g/mol. The van der Waals surface area contributed by atoms with Crippen LogP contribution in [0.3, 0.4) is 0 Å². The Kier molecular flexibility index (Phi) is 4.10. The SMILES string of the molecule is Cc1nc2c(s1)C(NCCS(C)=O)CCC2. The van der Waals surface area contributed by atoms with Gasteiger partial charge in [-0.3, -0.25) is 4.21 Å². The molecule has 0 fully saturated rings. The summed E-state index contributed by atoms with van der Waals surface area (Å²) in [4.78, 5) is 5.97. The third-order valence-corrected chi connectivity index (χ3v) is 4.74. The summed E-state index contributed by atoms with van der Waals surface area (Å²) < 4.78 is 11.0. The lowest BCUT2D eigenvalue weighted by Gasteiger charge is -2.22. The standard InChI is InChI=1S/C11H18N2OS2/c1-8-13-10-5-3-4-9(11(10)15-8)12-6-7-16(2)14/h9,12H,3-7H2,1-2H3. The summed E-state index contributed by atoms with van der Waals surface area (Å²) in [7, 11) is -0.697. The van der Waals surface area contributed by atoms with Crippen molar-refractivity contribution in [3.05, 3.63) is 15.6 Å². The Morgan fingerprint density at radius 1 is 1.62 bits per heavy atom. The molecule has 2 rings (SSSR count). The maximum absolute atomic E-state index is 11.0. The van der Waals surface area contributed by atoms with Crippen LogP contribution >= 0.6 is 11.3 Å². The molecule has 1 heterocycles. The number of aryl methyl sites for hydroxylation is 2. The van der Waals surface area contributed by atoms with Crippen LogP contribution in [0.2, 0.25) is 0 Å². The molecule has 0 saturated carbocycles. The van der Waals surface area contributed by atoms with Crippen LogP contribution in [0.1, 0.15) is 34.5 Å². The summed E-state index contributed by atoms with van der Waals surface area (Å²) in [5.74, 6) is 0.740. The quantitative estimate of drug-likeness (QED) is 0.895. The number of nitrogens with one attached hydrogen (secondary N) is 1. The lowest BCUT2D eigenvalue weighted by Crippen LogP contribution is -2.27. The number of aromatic nitrogens is 1. The van der Waals surface area contributed by atoms with Gasteiger partial charge in [-0.05, 0) is 26.2 Å². The van der Waals surface area contributed by atoms with Crippen LogP contribution in [0, 0.1) is 6.92 Å². The highest BCUT2D eigenvalue weighted by Crippen LogP contribution is 2.33. The van der Waals surface area contributed by atoms with Crippen LogP contribution in [0.4, 0.5) is 0 Å². The van der Waals surface area contributed by atoms with Crippen molar-refractivity contribution in [2.24, 2.45) is 0 Å². The second kappa shape index (κ2) is 5.38. The van der Waals surface area contributed by atoms with Crippen LogP contribution in [0.25, 0.3) is 0 Å². The average molecular weight is 258 g/mol.